The number of fused-ring (bicyclic) bond motifs is 1. The highest BCUT2D eigenvalue weighted by molar-refractivity contribution is 5.70. The van der Waals surface area contributed by atoms with Crippen molar-refractivity contribution in [1.82, 2.24) is 19.5 Å². The maximum Gasteiger partial charge on any atom is 0.280 e. The van der Waals surface area contributed by atoms with Crippen molar-refractivity contribution in [1.29, 1.82) is 0 Å². The molecule has 3 rings (SSSR count). The van der Waals surface area contributed by atoms with E-state index < -0.39 is 0 Å². The van der Waals surface area contributed by atoms with Crippen LogP contribution in [0.3, 0.4) is 0 Å². The molecular formula is C12H17N5O3. The Bertz CT molecular complexity index is 679. The number of nitrogens with one attached hydrogen (secondary N) is 1. The van der Waals surface area contributed by atoms with Gasteiger partial charge in [0.15, 0.2) is 11.2 Å². The molecule has 0 aliphatic carbocycles. The van der Waals surface area contributed by atoms with E-state index in [0.29, 0.717) is 12.1 Å². The molecule has 0 bridgehead atoms. The Labute approximate surface area is 114 Å². The molecule has 3 heterocycles. The van der Waals surface area contributed by atoms with Crippen molar-refractivity contribution in [3.8, 4) is 0 Å². The highest BCUT2D eigenvalue weighted by Gasteiger charge is 2.34. The zero-order valence-corrected chi connectivity index (χ0v) is 11.1. The average molecular weight is 279 g/mol. The number of nitrogens with zero attached hydrogens (tertiary/aromatic N) is 3. The number of rotatable bonds is 3. The maximum absolute atomic E-state index is 11.8. The largest absolute Gasteiger partial charge is 0.396 e. The summed E-state index contributed by atoms with van der Waals surface area (Å²) in [5.41, 5.74) is 5.90. The molecule has 0 aromatic carbocycles. The fourth-order valence-electron chi connectivity index (χ4n) is 2.72. The van der Waals surface area contributed by atoms with Crippen LogP contribution in [0.5, 0.6) is 0 Å². The van der Waals surface area contributed by atoms with Crippen molar-refractivity contribution < 1.29 is 9.84 Å². The number of nitrogen functional groups attached to an aromatic ring is 1. The molecule has 4 N–H and O–H groups in total. The van der Waals surface area contributed by atoms with Crippen LogP contribution in [0.25, 0.3) is 11.2 Å². The van der Waals surface area contributed by atoms with Crippen LogP contribution < -0.4 is 11.3 Å². The monoisotopic (exact) mass is 279 g/mol. The predicted octanol–water partition coefficient (Wildman–Crippen LogP) is 0.00780. The molecule has 0 radical (unpaired) electrons. The van der Waals surface area contributed by atoms with Crippen LogP contribution in [0.4, 0.5) is 5.95 Å². The maximum atomic E-state index is 11.8. The standard InChI is InChI=1S/C12H17N5O3/c1-6-4-7(2-3-18)20-11(6)17-5-14-8-9(17)15-12(13)16-10(8)19/h5-7,11,18H,2-4H2,1H3,(H3,13,15,16,19). The number of anilines is 1. The molecule has 108 valence electrons. The summed E-state index contributed by atoms with van der Waals surface area (Å²) < 4.78 is 7.66. The highest BCUT2D eigenvalue weighted by Crippen LogP contribution is 2.36. The van der Waals surface area contributed by atoms with Crippen molar-refractivity contribution in [3.05, 3.63) is 16.7 Å². The molecule has 20 heavy (non-hydrogen) atoms. The smallest absolute Gasteiger partial charge is 0.280 e. The van der Waals surface area contributed by atoms with Crippen LogP contribution in [0.1, 0.15) is 26.0 Å². The topological polar surface area (TPSA) is 119 Å². The number of hydrogen-bond donors (Lipinski definition) is 3. The first-order valence-electron chi connectivity index (χ1n) is 6.58. The van der Waals surface area contributed by atoms with Gasteiger partial charge in [0.25, 0.3) is 5.56 Å². The number of aromatic amines is 1. The lowest BCUT2D eigenvalue weighted by Crippen LogP contribution is -2.17. The van der Waals surface area contributed by atoms with Gasteiger partial charge in [-0.15, -0.1) is 0 Å². The Hall–Kier alpha value is -1.93. The Kier molecular flexibility index (Phi) is 3.19. The molecule has 1 aliphatic heterocycles. The molecule has 2 aromatic rings. The van der Waals surface area contributed by atoms with Crippen LogP contribution >= 0.6 is 0 Å². The fraction of sp³-hybridized carbons (Fsp3) is 0.583. The third kappa shape index (κ3) is 2.06. The van der Waals surface area contributed by atoms with Gasteiger partial charge in [-0.25, -0.2) is 4.98 Å². The minimum Gasteiger partial charge on any atom is -0.396 e. The van der Waals surface area contributed by atoms with Crippen molar-refractivity contribution in [3.63, 3.8) is 0 Å². The summed E-state index contributed by atoms with van der Waals surface area (Å²) >= 11 is 0. The number of H-pyrrole nitrogens is 1. The molecule has 0 spiro atoms. The van der Waals surface area contributed by atoms with E-state index in [9.17, 15) is 4.79 Å². The van der Waals surface area contributed by atoms with Crippen LogP contribution in [0.15, 0.2) is 11.1 Å². The van der Waals surface area contributed by atoms with E-state index in [1.807, 2.05) is 0 Å². The summed E-state index contributed by atoms with van der Waals surface area (Å²) in [6.07, 6.45) is 2.77. The molecule has 1 fully saturated rings. The van der Waals surface area contributed by atoms with Gasteiger partial charge in [0.05, 0.1) is 12.4 Å². The molecule has 3 unspecified atom stereocenters. The predicted molar refractivity (Wildman–Crippen MR) is 72.0 cm³/mol. The Balaban J connectivity index is 2.01. The van der Waals surface area contributed by atoms with Crippen LogP contribution in [0.2, 0.25) is 0 Å². The molecule has 1 aliphatic rings. The highest BCUT2D eigenvalue weighted by atomic mass is 16.5. The third-order valence-corrected chi connectivity index (χ3v) is 3.63. The van der Waals surface area contributed by atoms with E-state index in [-0.39, 0.29) is 41.9 Å². The van der Waals surface area contributed by atoms with Gasteiger partial charge in [-0.2, -0.15) is 4.98 Å². The molecule has 0 amide bonds. The van der Waals surface area contributed by atoms with Gasteiger partial charge in [0.1, 0.15) is 6.23 Å². The average Bonchev–Trinajstić information content (AvgIpc) is 2.93. The lowest BCUT2D eigenvalue weighted by atomic mass is 10.0. The SMILES string of the molecule is CC1CC(CCO)OC1n1cnc2c(=O)[nH]c(N)nc21. The third-order valence-electron chi connectivity index (χ3n) is 3.63. The van der Waals surface area contributed by atoms with E-state index in [1.54, 1.807) is 10.9 Å². The molecule has 8 heteroatoms. The van der Waals surface area contributed by atoms with Gasteiger partial charge in [-0.1, -0.05) is 6.92 Å². The number of imidazole rings is 1. The summed E-state index contributed by atoms with van der Waals surface area (Å²) in [5.74, 6) is 0.299. The number of aromatic nitrogens is 4. The van der Waals surface area contributed by atoms with Crippen LogP contribution in [0, 0.1) is 5.92 Å². The van der Waals surface area contributed by atoms with Gasteiger partial charge in [-0.05, 0) is 12.8 Å². The van der Waals surface area contributed by atoms with Crippen LogP contribution in [-0.4, -0.2) is 37.3 Å². The second-order valence-electron chi connectivity index (χ2n) is 5.15. The number of nitrogens with two attached hydrogens (primary N) is 1. The fourth-order valence-corrected chi connectivity index (χ4v) is 2.72. The van der Waals surface area contributed by atoms with E-state index in [4.69, 9.17) is 15.6 Å². The molecule has 1 saturated heterocycles. The summed E-state index contributed by atoms with van der Waals surface area (Å²) in [6, 6.07) is 0. The number of ether oxygens (including phenoxy) is 1. The van der Waals surface area contributed by atoms with Gasteiger partial charge in [-0.3, -0.25) is 14.3 Å². The molecular weight excluding hydrogens is 262 g/mol. The lowest BCUT2D eigenvalue weighted by Gasteiger charge is -2.17. The van der Waals surface area contributed by atoms with Gasteiger partial charge < -0.3 is 15.6 Å². The molecule has 3 atom stereocenters. The quantitative estimate of drug-likeness (QED) is 0.728. The summed E-state index contributed by atoms with van der Waals surface area (Å²) in [6.45, 7) is 2.16. The van der Waals surface area contributed by atoms with E-state index in [1.165, 1.54) is 0 Å². The number of aliphatic hydroxyl groups excluding tert-OH is 1. The van der Waals surface area contributed by atoms with E-state index >= 15 is 0 Å². The number of aliphatic hydroxyl groups is 1. The van der Waals surface area contributed by atoms with Gasteiger partial charge in [0, 0.05) is 12.5 Å². The normalized spacial score (nSPS) is 26.4. The minimum absolute atomic E-state index is 0.0109. The van der Waals surface area contributed by atoms with Crippen molar-refractivity contribution in [2.45, 2.75) is 32.1 Å². The molecule has 2 aromatic heterocycles. The second-order valence-corrected chi connectivity index (χ2v) is 5.15. The number of hydrogen-bond acceptors (Lipinski definition) is 6. The lowest BCUT2D eigenvalue weighted by molar-refractivity contribution is -0.0164. The first-order chi connectivity index (χ1) is 9.60. The van der Waals surface area contributed by atoms with Crippen LogP contribution in [-0.2, 0) is 4.74 Å². The zero-order chi connectivity index (χ0) is 14.3. The van der Waals surface area contributed by atoms with Crippen molar-refractivity contribution in [2.75, 3.05) is 12.3 Å². The van der Waals surface area contributed by atoms with E-state index in [0.717, 1.165) is 6.42 Å². The first kappa shape index (κ1) is 13.1. The van der Waals surface area contributed by atoms with Crippen molar-refractivity contribution in [2.24, 2.45) is 5.92 Å². The first-order valence-corrected chi connectivity index (χ1v) is 6.58. The Morgan fingerprint density at radius 2 is 2.45 bits per heavy atom. The van der Waals surface area contributed by atoms with E-state index in [2.05, 4.69) is 21.9 Å². The molecule has 8 nitrogen and oxygen atoms in total. The summed E-state index contributed by atoms with van der Waals surface area (Å²) in [4.78, 5) is 22.4. The summed E-state index contributed by atoms with van der Waals surface area (Å²) in [7, 11) is 0. The summed E-state index contributed by atoms with van der Waals surface area (Å²) in [5, 5.41) is 9.00. The zero-order valence-electron chi connectivity index (χ0n) is 11.1. The Morgan fingerprint density at radius 1 is 1.65 bits per heavy atom. The second kappa shape index (κ2) is 4.88. The van der Waals surface area contributed by atoms with Gasteiger partial charge in [0.2, 0.25) is 5.95 Å². The van der Waals surface area contributed by atoms with Crippen molar-refractivity contribution >= 4 is 17.1 Å². The van der Waals surface area contributed by atoms with Gasteiger partial charge >= 0.3 is 0 Å². The Morgan fingerprint density at radius 3 is 3.20 bits per heavy atom. The minimum atomic E-state index is -0.358. The molecule has 0 saturated carbocycles.